The van der Waals surface area contributed by atoms with Crippen LogP contribution in [-0.4, -0.2) is 82.5 Å². The molecule has 1 aliphatic heterocycles. The van der Waals surface area contributed by atoms with Gasteiger partial charge in [-0.1, -0.05) is 72.8 Å². The summed E-state index contributed by atoms with van der Waals surface area (Å²) in [5, 5.41) is 15.5. The van der Waals surface area contributed by atoms with Crippen molar-refractivity contribution in [2.24, 2.45) is 0 Å². The molecular formula is C47H55N5O7. The fraction of sp³-hybridized carbons (Fsp3) is 0.383. The van der Waals surface area contributed by atoms with E-state index in [9.17, 15) is 29.1 Å². The van der Waals surface area contributed by atoms with Crippen LogP contribution in [0.25, 0.3) is 0 Å². The number of carboxylic acid groups (broad SMARTS) is 1. The number of amides is 4. The lowest BCUT2D eigenvalue weighted by atomic mass is 9.87. The Morgan fingerprint density at radius 3 is 2.14 bits per heavy atom. The topological polar surface area (TPSA) is 149 Å². The molecule has 0 spiro atoms. The number of fused-ring (bicyclic) bond motifs is 2. The predicted octanol–water partition coefficient (Wildman–Crippen LogP) is 6.45. The van der Waals surface area contributed by atoms with Gasteiger partial charge in [0, 0.05) is 45.7 Å². The van der Waals surface area contributed by atoms with Crippen LogP contribution in [0.5, 0.6) is 0 Å². The zero-order valence-electron chi connectivity index (χ0n) is 34.7. The summed E-state index contributed by atoms with van der Waals surface area (Å²) in [6.07, 6.45) is 2.46. The van der Waals surface area contributed by atoms with Gasteiger partial charge in [0.25, 0.3) is 0 Å². The smallest absolute Gasteiger partial charge is 0.410 e. The first kappa shape index (κ1) is 42.4. The summed E-state index contributed by atoms with van der Waals surface area (Å²) < 4.78 is 5.51. The number of anilines is 1. The molecule has 4 atom stereocenters. The van der Waals surface area contributed by atoms with Gasteiger partial charge in [0.15, 0.2) is 0 Å². The Bertz CT molecular complexity index is 2160. The molecule has 0 radical (unpaired) electrons. The minimum absolute atomic E-state index is 0.122. The predicted molar refractivity (Wildman–Crippen MR) is 226 cm³/mol. The number of hydrogen-bond donors (Lipinski definition) is 3. The molecule has 12 heteroatoms. The second kappa shape index (κ2) is 18.2. The number of likely N-dealkylation sites (N-methyl/N-ethyl adjacent to an activating group) is 1. The maximum Gasteiger partial charge on any atom is 0.410 e. The SMILES string of the molecule is C[C@@H](C(=O)N[C@@H](Cc1ccc(N(C)Cc2ccc(C(=O)O)cc2)cc1)C(=O)N1Cc2ccccc2C[C@H]1C(=O)N[C@@H]1CCCc2ccccc21)N(C)C(=O)OC(C)(C)C. The molecule has 0 bridgehead atoms. The Labute approximate surface area is 346 Å². The molecule has 1 heterocycles. The summed E-state index contributed by atoms with van der Waals surface area (Å²) >= 11 is 0. The van der Waals surface area contributed by atoms with E-state index in [1.165, 1.54) is 17.5 Å². The Balaban J connectivity index is 1.26. The van der Waals surface area contributed by atoms with Crippen LogP contribution in [0, 0.1) is 0 Å². The number of rotatable bonds is 12. The van der Waals surface area contributed by atoms with Crippen LogP contribution in [0.2, 0.25) is 0 Å². The summed E-state index contributed by atoms with van der Waals surface area (Å²) in [5.41, 5.74) is 6.29. The third kappa shape index (κ3) is 10.5. The monoisotopic (exact) mass is 801 g/mol. The highest BCUT2D eigenvalue weighted by Crippen LogP contribution is 2.31. The van der Waals surface area contributed by atoms with Gasteiger partial charge in [0.05, 0.1) is 11.6 Å². The first-order valence-electron chi connectivity index (χ1n) is 20.2. The molecule has 6 rings (SSSR count). The summed E-state index contributed by atoms with van der Waals surface area (Å²) in [6.45, 7) is 7.54. The molecule has 4 aromatic rings. The normalized spacial score (nSPS) is 17.0. The Hall–Kier alpha value is -6.17. The molecule has 12 nitrogen and oxygen atoms in total. The number of ether oxygens (including phenoxy) is 1. The number of carbonyl (C=O) groups is 5. The van der Waals surface area contributed by atoms with Crippen molar-refractivity contribution in [1.29, 1.82) is 0 Å². The van der Waals surface area contributed by atoms with E-state index in [1.54, 1.807) is 56.9 Å². The van der Waals surface area contributed by atoms with Crippen molar-refractivity contribution in [2.75, 3.05) is 19.0 Å². The highest BCUT2D eigenvalue weighted by Gasteiger charge is 2.40. The lowest BCUT2D eigenvalue weighted by molar-refractivity contribution is -0.145. The second-order valence-corrected chi connectivity index (χ2v) is 16.7. The fourth-order valence-electron chi connectivity index (χ4n) is 7.76. The maximum absolute atomic E-state index is 15.0. The standard InChI is InChI=1S/C47H55N5O7/c1-30(51(6)46(58)59-47(2,3)4)42(53)49-40(26-31-20-24-37(25-21-31)50(5)28-32-18-22-34(23-19-32)45(56)57)44(55)52-29-36-14-8-7-13-35(36)27-41(52)43(54)48-39-17-11-15-33-12-9-10-16-38(33)39/h7-10,12-14,16,18-25,30,39-41H,11,15,17,26-29H2,1-6H3,(H,48,54)(H,49,53)(H,56,57)/t30-,39+,40-,41-/m0/s1. The van der Waals surface area contributed by atoms with Crippen LogP contribution in [0.3, 0.4) is 0 Å². The van der Waals surface area contributed by atoms with E-state index in [-0.39, 0.29) is 30.5 Å². The van der Waals surface area contributed by atoms with Crippen LogP contribution in [0.1, 0.15) is 90.3 Å². The zero-order chi connectivity index (χ0) is 42.4. The molecule has 0 saturated heterocycles. The van der Waals surface area contributed by atoms with Crippen LogP contribution < -0.4 is 15.5 Å². The molecule has 310 valence electrons. The van der Waals surface area contributed by atoms with Crippen molar-refractivity contribution in [3.63, 3.8) is 0 Å². The molecule has 1 aliphatic carbocycles. The minimum Gasteiger partial charge on any atom is -0.478 e. The number of nitrogens with one attached hydrogen (secondary N) is 2. The molecule has 3 N–H and O–H groups in total. The van der Waals surface area contributed by atoms with Gasteiger partial charge in [0.1, 0.15) is 23.7 Å². The maximum atomic E-state index is 15.0. The molecule has 0 aromatic heterocycles. The summed E-state index contributed by atoms with van der Waals surface area (Å²) in [7, 11) is 3.41. The number of hydrogen-bond acceptors (Lipinski definition) is 7. The average Bonchev–Trinajstić information content (AvgIpc) is 3.22. The lowest BCUT2D eigenvalue weighted by Crippen LogP contribution is -2.60. The fourth-order valence-corrected chi connectivity index (χ4v) is 7.76. The van der Waals surface area contributed by atoms with E-state index in [2.05, 4.69) is 22.8 Å². The van der Waals surface area contributed by atoms with Crippen LogP contribution in [0.4, 0.5) is 10.5 Å². The number of carboxylic acids is 1. The molecule has 59 heavy (non-hydrogen) atoms. The Morgan fingerprint density at radius 2 is 1.47 bits per heavy atom. The highest BCUT2D eigenvalue weighted by molar-refractivity contribution is 5.94. The summed E-state index contributed by atoms with van der Waals surface area (Å²) in [6, 6.07) is 27.3. The summed E-state index contributed by atoms with van der Waals surface area (Å²) in [4.78, 5) is 72.4. The number of aromatic carboxylic acids is 1. The van der Waals surface area contributed by atoms with Crippen molar-refractivity contribution in [1.82, 2.24) is 20.4 Å². The van der Waals surface area contributed by atoms with Crippen molar-refractivity contribution >= 4 is 35.5 Å². The first-order chi connectivity index (χ1) is 28.1. The second-order valence-electron chi connectivity index (χ2n) is 16.7. The molecule has 4 amide bonds. The van der Waals surface area contributed by atoms with E-state index >= 15 is 0 Å². The van der Waals surface area contributed by atoms with Crippen molar-refractivity contribution in [2.45, 2.75) is 103 Å². The van der Waals surface area contributed by atoms with E-state index in [1.807, 2.05) is 72.6 Å². The number of carbonyl (C=O) groups excluding carboxylic acids is 4. The zero-order valence-corrected chi connectivity index (χ0v) is 34.7. The van der Waals surface area contributed by atoms with Gasteiger partial charge >= 0.3 is 12.1 Å². The van der Waals surface area contributed by atoms with Gasteiger partial charge in [-0.3, -0.25) is 19.3 Å². The molecule has 4 aromatic carbocycles. The van der Waals surface area contributed by atoms with Crippen molar-refractivity contribution < 1.29 is 33.8 Å². The van der Waals surface area contributed by atoms with Gasteiger partial charge in [-0.25, -0.2) is 9.59 Å². The molecule has 0 saturated carbocycles. The lowest BCUT2D eigenvalue weighted by Gasteiger charge is -2.39. The van der Waals surface area contributed by atoms with E-state index in [4.69, 9.17) is 4.74 Å². The van der Waals surface area contributed by atoms with Gasteiger partial charge in [-0.15, -0.1) is 0 Å². The van der Waals surface area contributed by atoms with Crippen LogP contribution >= 0.6 is 0 Å². The third-order valence-corrected chi connectivity index (χ3v) is 11.2. The van der Waals surface area contributed by atoms with E-state index in [0.717, 1.165) is 52.8 Å². The molecule has 0 fully saturated rings. The summed E-state index contributed by atoms with van der Waals surface area (Å²) in [5.74, 6) is -2.18. The van der Waals surface area contributed by atoms with Crippen molar-refractivity contribution in [3.8, 4) is 0 Å². The first-order valence-corrected chi connectivity index (χ1v) is 20.2. The largest absolute Gasteiger partial charge is 0.478 e. The molecular weight excluding hydrogens is 747 g/mol. The number of nitrogens with zero attached hydrogens (tertiary/aromatic N) is 3. The number of benzene rings is 4. The highest BCUT2D eigenvalue weighted by atomic mass is 16.6. The average molecular weight is 802 g/mol. The molecule has 0 unspecified atom stereocenters. The Kier molecular flexibility index (Phi) is 13.1. The molecule has 2 aliphatic rings. The van der Waals surface area contributed by atoms with Gasteiger partial charge in [-0.05, 0) is 105 Å². The minimum atomic E-state index is -1.08. The third-order valence-electron chi connectivity index (χ3n) is 11.2. The quantitative estimate of drug-likeness (QED) is 0.148. The van der Waals surface area contributed by atoms with Gasteiger partial charge in [-0.2, -0.15) is 0 Å². The number of aryl methyl sites for hydroxylation is 1. The van der Waals surface area contributed by atoms with Crippen molar-refractivity contribution in [3.05, 3.63) is 136 Å². The van der Waals surface area contributed by atoms with Gasteiger partial charge < -0.3 is 30.3 Å². The van der Waals surface area contributed by atoms with Crippen LogP contribution in [0.15, 0.2) is 97.1 Å². The van der Waals surface area contributed by atoms with Gasteiger partial charge in [0.2, 0.25) is 17.7 Å². The van der Waals surface area contributed by atoms with Crippen LogP contribution in [-0.2, 0) is 51.5 Å². The Morgan fingerprint density at radius 1 is 0.847 bits per heavy atom. The van der Waals surface area contributed by atoms with E-state index in [0.29, 0.717) is 13.0 Å². The van der Waals surface area contributed by atoms with E-state index < -0.39 is 47.6 Å².